The van der Waals surface area contributed by atoms with Crippen molar-refractivity contribution in [3.8, 4) is 0 Å². The number of aromatic nitrogens is 1. The largest absolute Gasteiger partial charge is 0.477 e. The van der Waals surface area contributed by atoms with Gasteiger partial charge in [0.25, 0.3) is 5.91 Å². The predicted octanol–water partition coefficient (Wildman–Crippen LogP) is 2.04. The molecule has 0 saturated carbocycles. The Kier molecular flexibility index (Phi) is 4.14. The molecule has 1 aliphatic rings. The van der Waals surface area contributed by atoms with Crippen LogP contribution in [-0.2, 0) is 0 Å². The van der Waals surface area contributed by atoms with Crippen molar-refractivity contribution in [1.29, 1.82) is 0 Å². The molecule has 1 N–H and O–H groups in total. The molecule has 1 atom stereocenters. The van der Waals surface area contributed by atoms with Gasteiger partial charge in [-0.05, 0) is 30.9 Å². The Morgan fingerprint density at radius 3 is 2.84 bits per heavy atom. The van der Waals surface area contributed by atoms with E-state index in [0.717, 1.165) is 25.9 Å². The first-order chi connectivity index (χ1) is 9.11. The SMILES string of the molecule is CCC1CCCN(C(=O)c2ccc(C(=O)O)nc2)C1. The van der Waals surface area contributed by atoms with Gasteiger partial charge in [-0.25, -0.2) is 9.78 Å². The first kappa shape index (κ1) is 13.5. The average Bonchev–Trinajstić information content (AvgIpc) is 2.46. The monoisotopic (exact) mass is 262 g/mol. The van der Waals surface area contributed by atoms with Crippen LogP contribution in [0.25, 0.3) is 0 Å². The summed E-state index contributed by atoms with van der Waals surface area (Å²) in [5, 5.41) is 8.77. The van der Waals surface area contributed by atoms with E-state index in [0.29, 0.717) is 11.5 Å². The Balaban J connectivity index is 2.08. The molecule has 1 aliphatic heterocycles. The van der Waals surface area contributed by atoms with Crippen molar-refractivity contribution < 1.29 is 14.7 Å². The molecule has 0 radical (unpaired) electrons. The Morgan fingerprint density at radius 1 is 1.47 bits per heavy atom. The van der Waals surface area contributed by atoms with Crippen molar-refractivity contribution in [1.82, 2.24) is 9.88 Å². The van der Waals surface area contributed by atoms with Crippen LogP contribution in [0.3, 0.4) is 0 Å². The van der Waals surface area contributed by atoms with Gasteiger partial charge < -0.3 is 10.0 Å². The van der Waals surface area contributed by atoms with E-state index in [9.17, 15) is 9.59 Å². The molecule has 2 rings (SSSR count). The Bertz CT molecular complexity index is 470. The average molecular weight is 262 g/mol. The van der Waals surface area contributed by atoms with Crippen LogP contribution in [0.2, 0.25) is 0 Å². The number of nitrogens with zero attached hydrogens (tertiary/aromatic N) is 2. The molecule has 0 spiro atoms. The number of hydrogen-bond acceptors (Lipinski definition) is 3. The highest BCUT2D eigenvalue weighted by atomic mass is 16.4. The second kappa shape index (κ2) is 5.82. The lowest BCUT2D eigenvalue weighted by Crippen LogP contribution is -2.39. The number of carbonyl (C=O) groups excluding carboxylic acids is 1. The maximum Gasteiger partial charge on any atom is 0.354 e. The number of pyridine rings is 1. The molecular formula is C14H18N2O3. The van der Waals surface area contributed by atoms with Gasteiger partial charge in [-0.2, -0.15) is 0 Å². The van der Waals surface area contributed by atoms with Gasteiger partial charge in [-0.1, -0.05) is 13.3 Å². The lowest BCUT2D eigenvalue weighted by molar-refractivity contribution is 0.0663. The molecule has 0 aromatic carbocycles. The van der Waals surface area contributed by atoms with E-state index in [1.165, 1.54) is 24.8 Å². The summed E-state index contributed by atoms with van der Waals surface area (Å²) < 4.78 is 0. The topological polar surface area (TPSA) is 70.5 Å². The molecule has 2 heterocycles. The van der Waals surface area contributed by atoms with E-state index in [4.69, 9.17) is 5.11 Å². The lowest BCUT2D eigenvalue weighted by atomic mass is 9.95. The molecule has 5 heteroatoms. The summed E-state index contributed by atoms with van der Waals surface area (Å²) in [6, 6.07) is 2.91. The molecule has 102 valence electrons. The van der Waals surface area contributed by atoms with Crippen LogP contribution in [0.5, 0.6) is 0 Å². The Hall–Kier alpha value is -1.91. The normalized spacial score (nSPS) is 19.2. The number of carbonyl (C=O) groups is 2. The Morgan fingerprint density at radius 2 is 2.26 bits per heavy atom. The molecule has 0 bridgehead atoms. The summed E-state index contributed by atoms with van der Waals surface area (Å²) in [4.78, 5) is 28.6. The van der Waals surface area contributed by atoms with Crippen molar-refractivity contribution in [2.24, 2.45) is 5.92 Å². The number of piperidine rings is 1. The molecule has 1 aromatic heterocycles. The highest BCUT2D eigenvalue weighted by molar-refractivity contribution is 5.95. The summed E-state index contributed by atoms with van der Waals surface area (Å²) in [6.45, 7) is 3.70. The standard InChI is InChI=1S/C14H18N2O3/c1-2-10-4-3-7-16(9-10)13(17)11-5-6-12(14(18)19)15-8-11/h5-6,8,10H,2-4,7,9H2,1H3,(H,18,19). The minimum atomic E-state index is -1.08. The number of hydrogen-bond donors (Lipinski definition) is 1. The molecule has 1 amide bonds. The first-order valence-electron chi connectivity index (χ1n) is 6.60. The van der Waals surface area contributed by atoms with E-state index in [1.807, 2.05) is 4.90 Å². The zero-order valence-electron chi connectivity index (χ0n) is 11.0. The second-order valence-corrected chi connectivity index (χ2v) is 4.90. The van der Waals surface area contributed by atoms with Crippen LogP contribution >= 0.6 is 0 Å². The fraction of sp³-hybridized carbons (Fsp3) is 0.500. The summed E-state index contributed by atoms with van der Waals surface area (Å²) in [6.07, 6.45) is 4.64. The third kappa shape index (κ3) is 3.10. The van der Waals surface area contributed by atoms with E-state index in [2.05, 4.69) is 11.9 Å². The molecule has 1 unspecified atom stereocenters. The summed E-state index contributed by atoms with van der Waals surface area (Å²) in [5.74, 6) is -0.561. The van der Waals surface area contributed by atoms with E-state index >= 15 is 0 Å². The van der Waals surface area contributed by atoms with Crippen molar-refractivity contribution in [3.05, 3.63) is 29.6 Å². The maximum absolute atomic E-state index is 12.3. The van der Waals surface area contributed by atoms with Gasteiger partial charge in [-0.3, -0.25) is 4.79 Å². The smallest absolute Gasteiger partial charge is 0.354 e. The number of carboxylic acids is 1. The van der Waals surface area contributed by atoms with E-state index < -0.39 is 5.97 Å². The first-order valence-corrected chi connectivity index (χ1v) is 6.60. The van der Waals surface area contributed by atoms with Crippen LogP contribution in [-0.4, -0.2) is 40.0 Å². The minimum Gasteiger partial charge on any atom is -0.477 e. The number of amides is 1. The molecule has 1 aromatic rings. The summed E-state index contributed by atoms with van der Waals surface area (Å²) >= 11 is 0. The zero-order valence-corrected chi connectivity index (χ0v) is 11.0. The zero-order chi connectivity index (χ0) is 13.8. The van der Waals surface area contributed by atoms with Crippen LogP contribution in [0.1, 0.15) is 47.0 Å². The van der Waals surface area contributed by atoms with Crippen LogP contribution in [0.4, 0.5) is 0 Å². The van der Waals surface area contributed by atoms with E-state index in [1.54, 1.807) is 0 Å². The lowest BCUT2D eigenvalue weighted by Gasteiger charge is -2.32. The third-order valence-electron chi connectivity index (χ3n) is 3.61. The quantitative estimate of drug-likeness (QED) is 0.905. The highest BCUT2D eigenvalue weighted by Gasteiger charge is 2.23. The van der Waals surface area contributed by atoms with Gasteiger partial charge in [0.15, 0.2) is 0 Å². The minimum absolute atomic E-state index is 0.0402. The highest BCUT2D eigenvalue weighted by Crippen LogP contribution is 2.20. The second-order valence-electron chi connectivity index (χ2n) is 4.90. The van der Waals surface area contributed by atoms with Crippen LogP contribution in [0, 0.1) is 5.92 Å². The van der Waals surface area contributed by atoms with Crippen molar-refractivity contribution in [2.45, 2.75) is 26.2 Å². The third-order valence-corrected chi connectivity index (χ3v) is 3.61. The van der Waals surface area contributed by atoms with Crippen molar-refractivity contribution in [3.63, 3.8) is 0 Å². The maximum atomic E-state index is 12.3. The van der Waals surface area contributed by atoms with E-state index in [-0.39, 0.29) is 11.6 Å². The molecule has 19 heavy (non-hydrogen) atoms. The molecule has 0 aliphatic carbocycles. The fourth-order valence-electron chi connectivity index (χ4n) is 2.41. The molecular weight excluding hydrogens is 244 g/mol. The number of rotatable bonds is 3. The number of aromatic carboxylic acids is 1. The predicted molar refractivity (Wildman–Crippen MR) is 70.1 cm³/mol. The van der Waals surface area contributed by atoms with Gasteiger partial charge in [-0.15, -0.1) is 0 Å². The van der Waals surface area contributed by atoms with Gasteiger partial charge in [0, 0.05) is 19.3 Å². The molecule has 5 nitrogen and oxygen atoms in total. The van der Waals surface area contributed by atoms with Crippen molar-refractivity contribution in [2.75, 3.05) is 13.1 Å². The molecule has 1 saturated heterocycles. The fourth-order valence-corrected chi connectivity index (χ4v) is 2.41. The van der Waals surface area contributed by atoms with Crippen LogP contribution < -0.4 is 0 Å². The van der Waals surface area contributed by atoms with Gasteiger partial charge in [0.1, 0.15) is 5.69 Å². The summed E-state index contributed by atoms with van der Waals surface area (Å²) in [7, 11) is 0. The molecule has 1 fully saturated rings. The number of likely N-dealkylation sites (tertiary alicyclic amines) is 1. The van der Waals surface area contributed by atoms with Gasteiger partial charge in [0.2, 0.25) is 0 Å². The van der Waals surface area contributed by atoms with Gasteiger partial charge >= 0.3 is 5.97 Å². The number of carboxylic acid groups (broad SMARTS) is 1. The Labute approximate surface area is 112 Å². The van der Waals surface area contributed by atoms with Crippen LogP contribution in [0.15, 0.2) is 18.3 Å². The summed E-state index contributed by atoms with van der Waals surface area (Å²) in [5.41, 5.74) is 0.420. The van der Waals surface area contributed by atoms with Crippen molar-refractivity contribution >= 4 is 11.9 Å². The van der Waals surface area contributed by atoms with Gasteiger partial charge in [0.05, 0.1) is 5.56 Å².